The lowest BCUT2D eigenvalue weighted by Gasteiger charge is -2.10. The van der Waals surface area contributed by atoms with Crippen LogP contribution >= 0.6 is 0 Å². The Hall–Kier alpha value is -2.31. The second-order valence-electron chi connectivity index (χ2n) is 3.64. The average molecular weight is 257 g/mol. The summed E-state index contributed by atoms with van der Waals surface area (Å²) in [4.78, 5) is 22.4. The highest BCUT2D eigenvalue weighted by molar-refractivity contribution is 5.90. The number of pyridine rings is 1. The van der Waals surface area contributed by atoms with Crippen LogP contribution < -0.4 is 5.43 Å². The fourth-order valence-corrected chi connectivity index (χ4v) is 1.73. The van der Waals surface area contributed by atoms with Gasteiger partial charge in [0.2, 0.25) is 0 Å². The summed E-state index contributed by atoms with van der Waals surface area (Å²) in [6, 6.07) is 1.27. The van der Waals surface area contributed by atoms with Crippen LogP contribution in [0.5, 0.6) is 0 Å². The van der Waals surface area contributed by atoms with Gasteiger partial charge >= 0.3 is 5.97 Å². The van der Waals surface area contributed by atoms with E-state index in [9.17, 15) is 22.8 Å². The second kappa shape index (κ2) is 3.86. The fourth-order valence-electron chi connectivity index (χ4n) is 1.73. The largest absolute Gasteiger partial charge is 0.477 e. The van der Waals surface area contributed by atoms with Gasteiger partial charge < -0.3 is 9.67 Å². The van der Waals surface area contributed by atoms with Crippen molar-refractivity contribution in [3.8, 4) is 0 Å². The quantitative estimate of drug-likeness (QED) is 0.790. The molecule has 0 spiro atoms. The van der Waals surface area contributed by atoms with Gasteiger partial charge in [-0.2, -0.15) is 0 Å². The minimum atomic E-state index is -1.75. The zero-order valence-electron chi connectivity index (χ0n) is 9.00. The van der Waals surface area contributed by atoms with Crippen molar-refractivity contribution >= 4 is 16.9 Å². The lowest BCUT2D eigenvalue weighted by Crippen LogP contribution is -2.17. The summed E-state index contributed by atoms with van der Waals surface area (Å²) in [6.07, 6.45) is 0. The van der Waals surface area contributed by atoms with Crippen molar-refractivity contribution in [2.24, 2.45) is 7.05 Å². The highest BCUT2D eigenvalue weighted by Gasteiger charge is 2.20. The van der Waals surface area contributed by atoms with Crippen LogP contribution in [0.4, 0.5) is 13.2 Å². The molecular formula is C11H6F3NO3. The zero-order valence-corrected chi connectivity index (χ0v) is 9.00. The zero-order chi connectivity index (χ0) is 13.6. The van der Waals surface area contributed by atoms with Crippen LogP contribution in [-0.4, -0.2) is 15.6 Å². The molecule has 1 aromatic carbocycles. The van der Waals surface area contributed by atoms with Crippen LogP contribution in [-0.2, 0) is 7.05 Å². The maximum absolute atomic E-state index is 13.6. The molecule has 0 bridgehead atoms. The first-order valence-corrected chi connectivity index (χ1v) is 4.75. The van der Waals surface area contributed by atoms with Crippen LogP contribution in [0.25, 0.3) is 10.9 Å². The van der Waals surface area contributed by atoms with Crippen LogP contribution in [0, 0.1) is 17.5 Å². The van der Waals surface area contributed by atoms with Crippen molar-refractivity contribution in [2.45, 2.75) is 0 Å². The third kappa shape index (κ3) is 1.55. The number of halogens is 3. The monoisotopic (exact) mass is 257 g/mol. The van der Waals surface area contributed by atoms with E-state index in [2.05, 4.69) is 0 Å². The SMILES string of the molecule is Cn1c(C(=O)O)cc(=O)c2cc(F)c(F)c(F)c21. The van der Waals surface area contributed by atoms with Crippen LogP contribution in [0.15, 0.2) is 16.9 Å². The van der Waals surface area contributed by atoms with E-state index in [0.717, 1.165) is 17.7 Å². The summed E-state index contributed by atoms with van der Waals surface area (Å²) in [5.41, 5.74) is -1.99. The fraction of sp³-hybridized carbons (Fsp3) is 0.0909. The minimum absolute atomic E-state index is 0.418. The Balaban J connectivity index is 3.09. The number of carboxylic acid groups (broad SMARTS) is 1. The first kappa shape index (κ1) is 12.2. The van der Waals surface area contributed by atoms with Gasteiger partial charge in [-0.25, -0.2) is 18.0 Å². The third-order valence-electron chi connectivity index (χ3n) is 2.59. The Kier molecular flexibility index (Phi) is 2.61. The van der Waals surface area contributed by atoms with Gasteiger partial charge in [0.25, 0.3) is 0 Å². The standard InChI is InChI=1S/C11H6F3NO3/c1-15-6(11(17)18)3-7(16)4-2-5(12)8(13)9(14)10(4)15/h2-3H,1H3,(H,17,18). The van der Waals surface area contributed by atoms with Gasteiger partial charge in [-0.3, -0.25) is 4.79 Å². The molecule has 0 unspecified atom stereocenters. The van der Waals surface area contributed by atoms with Crippen LogP contribution in [0.1, 0.15) is 10.5 Å². The maximum Gasteiger partial charge on any atom is 0.352 e. The van der Waals surface area contributed by atoms with Crippen molar-refractivity contribution in [2.75, 3.05) is 0 Å². The van der Waals surface area contributed by atoms with Gasteiger partial charge in [0.05, 0.1) is 10.9 Å². The average Bonchev–Trinajstić information content (AvgIpc) is 2.30. The molecule has 0 atom stereocenters. The van der Waals surface area contributed by atoms with Gasteiger partial charge in [0, 0.05) is 13.1 Å². The van der Waals surface area contributed by atoms with E-state index < -0.39 is 45.4 Å². The summed E-state index contributed by atoms with van der Waals surface area (Å²) in [7, 11) is 1.14. The van der Waals surface area contributed by atoms with Crippen molar-refractivity contribution in [1.82, 2.24) is 4.57 Å². The van der Waals surface area contributed by atoms with Gasteiger partial charge in [-0.1, -0.05) is 0 Å². The number of aromatic carboxylic acids is 1. The number of nitrogens with zero attached hydrogens (tertiary/aromatic N) is 1. The van der Waals surface area contributed by atoms with Crippen molar-refractivity contribution in [3.63, 3.8) is 0 Å². The summed E-state index contributed by atoms with van der Waals surface area (Å²) in [5, 5.41) is 8.40. The normalized spacial score (nSPS) is 10.9. The summed E-state index contributed by atoms with van der Waals surface area (Å²) in [6.45, 7) is 0. The topological polar surface area (TPSA) is 59.3 Å². The van der Waals surface area contributed by atoms with E-state index >= 15 is 0 Å². The minimum Gasteiger partial charge on any atom is -0.477 e. The number of hydrogen-bond donors (Lipinski definition) is 1. The number of fused-ring (bicyclic) bond motifs is 1. The molecule has 0 saturated heterocycles. The number of aromatic nitrogens is 1. The van der Waals surface area contributed by atoms with Crippen molar-refractivity contribution in [3.05, 3.63) is 45.5 Å². The summed E-state index contributed by atoms with van der Waals surface area (Å²) in [5.74, 6) is -6.31. The second-order valence-corrected chi connectivity index (χ2v) is 3.64. The number of hydrogen-bond acceptors (Lipinski definition) is 2. The Morgan fingerprint density at radius 3 is 2.39 bits per heavy atom. The molecule has 1 N–H and O–H groups in total. The van der Waals surface area contributed by atoms with Crippen molar-refractivity contribution < 1.29 is 23.1 Å². The lowest BCUT2D eigenvalue weighted by molar-refractivity contribution is 0.0686. The van der Waals surface area contributed by atoms with Crippen LogP contribution in [0.3, 0.4) is 0 Å². The highest BCUT2D eigenvalue weighted by atomic mass is 19.2. The van der Waals surface area contributed by atoms with E-state index in [1.807, 2.05) is 0 Å². The Labute approximate surface area is 97.9 Å². The Morgan fingerprint density at radius 2 is 1.83 bits per heavy atom. The van der Waals surface area contributed by atoms with E-state index in [-0.39, 0.29) is 0 Å². The third-order valence-corrected chi connectivity index (χ3v) is 2.59. The molecule has 0 fully saturated rings. The molecule has 0 amide bonds. The van der Waals surface area contributed by atoms with Gasteiger partial charge in [-0.15, -0.1) is 0 Å². The molecule has 18 heavy (non-hydrogen) atoms. The van der Waals surface area contributed by atoms with Crippen molar-refractivity contribution in [1.29, 1.82) is 0 Å². The number of benzene rings is 1. The lowest BCUT2D eigenvalue weighted by atomic mass is 10.1. The molecule has 0 radical (unpaired) electrons. The maximum atomic E-state index is 13.6. The predicted molar refractivity (Wildman–Crippen MR) is 56.0 cm³/mol. The Bertz CT molecular complexity index is 737. The molecule has 1 heterocycles. The van der Waals surface area contributed by atoms with Crippen LogP contribution in [0.2, 0.25) is 0 Å². The molecule has 1 aromatic heterocycles. The first-order valence-electron chi connectivity index (χ1n) is 4.75. The van der Waals surface area contributed by atoms with E-state index in [4.69, 9.17) is 5.11 Å². The van der Waals surface area contributed by atoms with E-state index in [1.165, 1.54) is 0 Å². The van der Waals surface area contributed by atoms with Gasteiger partial charge in [-0.05, 0) is 6.07 Å². The molecule has 0 aliphatic heterocycles. The molecule has 4 nitrogen and oxygen atoms in total. The molecule has 2 rings (SSSR count). The number of aryl methyl sites for hydroxylation is 1. The van der Waals surface area contributed by atoms with E-state index in [1.54, 1.807) is 0 Å². The number of rotatable bonds is 1. The molecular weight excluding hydrogens is 251 g/mol. The molecule has 0 saturated carbocycles. The molecule has 94 valence electrons. The summed E-state index contributed by atoms with van der Waals surface area (Å²) >= 11 is 0. The molecule has 7 heteroatoms. The predicted octanol–water partition coefficient (Wildman–Crippen LogP) is 1.65. The summed E-state index contributed by atoms with van der Waals surface area (Å²) < 4.78 is 40.5. The first-order chi connectivity index (χ1) is 8.34. The highest BCUT2D eigenvalue weighted by Crippen LogP contribution is 2.21. The van der Waals surface area contributed by atoms with Gasteiger partial charge in [0.15, 0.2) is 22.9 Å². The molecule has 2 aromatic rings. The Morgan fingerprint density at radius 1 is 1.22 bits per heavy atom. The molecule has 0 aliphatic carbocycles. The number of carbonyl (C=O) groups is 1. The van der Waals surface area contributed by atoms with E-state index in [0.29, 0.717) is 6.07 Å². The van der Waals surface area contributed by atoms with Gasteiger partial charge in [0.1, 0.15) is 5.69 Å². The molecule has 0 aliphatic rings. The smallest absolute Gasteiger partial charge is 0.352 e. The number of carboxylic acids is 1.